The lowest BCUT2D eigenvalue weighted by Gasteiger charge is -2.21. The van der Waals surface area contributed by atoms with Gasteiger partial charge in [0.1, 0.15) is 0 Å². The number of hydrogen-bond donors (Lipinski definition) is 1. The second kappa shape index (κ2) is 4.45. The molecule has 0 aliphatic carbocycles. The number of carboxylic acids is 1. The maximum atomic E-state index is 10.6. The number of carboxylic acid groups (broad SMARTS) is 1. The highest BCUT2D eigenvalue weighted by atomic mass is 79.9. The Kier molecular flexibility index (Phi) is 3.19. The first kappa shape index (κ1) is 11.5. The molecule has 0 spiro atoms. The Morgan fingerprint density at radius 1 is 1.62 bits per heavy atom. The Labute approximate surface area is 103 Å². The topological polar surface area (TPSA) is 40.5 Å². The molecular weight excluding hydrogens is 270 g/mol. The average molecular weight is 284 g/mol. The zero-order valence-corrected chi connectivity index (χ0v) is 10.7. The van der Waals surface area contributed by atoms with E-state index in [0.717, 1.165) is 10.9 Å². The van der Waals surface area contributed by atoms with E-state index in [1.165, 1.54) is 11.3 Å². The van der Waals surface area contributed by atoms with Crippen LogP contribution in [0.25, 0.3) is 0 Å². The molecule has 0 radical (unpaired) electrons. The fraction of sp³-hybridized carbons (Fsp3) is 0.417. The molecular formula is C12H14BrNO2. The standard InChI is InChI=1S/C12H14BrNO2/c1-14-8(5-6-12(15)16)7-9-10(13)3-2-4-11(9)14/h2-4,8H,5-7H2,1H3,(H,15,16). The lowest BCUT2D eigenvalue weighted by atomic mass is 10.1. The molecule has 0 bridgehead atoms. The van der Waals surface area contributed by atoms with Crippen LogP contribution in [0.4, 0.5) is 5.69 Å². The molecule has 1 aromatic carbocycles. The van der Waals surface area contributed by atoms with Crippen LogP contribution in [0, 0.1) is 0 Å². The van der Waals surface area contributed by atoms with Crippen LogP contribution in [0.2, 0.25) is 0 Å². The summed E-state index contributed by atoms with van der Waals surface area (Å²) in [5.41, 5.74) is 2.50. The number of hydrogen-bond acceptors (Lipinski definition) is 2. The Bertz CT molecular complexity index is 419. The number of rotatable bonds is 3. The zero-order valence-electron chi connectivity index (χ0n) is 9.11. The smallest absolute Gasteiger partial charge is 0.303 e. The molecule has 0 saturated heterocycles. The Morgan fingerprint density at radius 3 is 3.00 bits per heavy atom. The number of likely N-dealkylation sites (N-methyl/N-ethyl adjacent to an activating group) is 1. The molecule has 0 amide bonds. The van der Waals surface area contributed by atoms with Gasteiger partial charge in [0.25, 0.3) is 0 Å². The predicted octanol–water partition coefficient (Wildman–Crippen LogP) is 2.67. The monoisotopic (exact) mass is 283 g/mol. The summed E-state index contributed by atoms with van der Waals surface area (Å²) in [6.45, 7) is 0. The van der Waals surface area contributed by atoms with Gasteiger partial charge in [-0.25, -0.2) is 0 Å². The summed E-state index contributed by atoms with van der Waals surface area (Å²) >= 11 is 3.54. The van der Waals surface area contributed by atoms with E-state index in [-0.39, 0.29) is 6.42 Å². The molecule has 1 aromatic rings. The Balaban J connectivity index is 2.14. The first-order valence-electron chi connectivity index (χ1n) is 5.31. The van der Waals surface area contributed by atoms with Gasteiger partial charge in [0, 0.05) is 29.7 Å². The molecule has 1 heterocycles. The largest absolute Gasteiger partial charge is 0.481 e. The van der Waals surface area contributed by atoms with Gasteiger partial charge in [0.2, 0.25) is 0 Å². The number of fused-ring (bicyclic) bond motifs is 1. The van der Waals surface area contributed by atoms with Crippen LogP contribution in [0.1, 0.15) is 18.4 Å². The van der Waals surface area contributed by atoms with Crippen LogP contribution in [-0.2, 0) is 11.2 Å². The van der Waals surface area contributed by atoms with E-state index >= 15 is 0 Å². The van der Waals surface area contributed by atoms with Crippen LogP contribution in [0.5, 0.6) is 0 Å². The highest BCUT2D eigenvalue weighted by Gasteiger charge is 2.27. The first-order valence-corrected chi connectivity index (χ1v) is 6.11. The van der Waals surface area contributed by atoms with Crippen molar-refractivity contribution in [2.24, 2.45) is 0 Å². The van der Waals surface area contributed by atoms with Gasteiger partial charge in [0.15, 0.2) is 0 Å². The van der Waals surface area contributed by atoms with Crippen molar-refractivity contribution in [2.45, 2.75) is 25.3 Å². The highest BCUT2D eigenvalue weighted by Crippen LogP contribution is 2.36. The van der Waals surface area contributed by atoms with Crippen molar-refractivity contribution in [3.8, 4) is 0 Å². The third-order valence-electron chi connectivity index (χ3n) is 3.15. The van der Waals surface area contributed by atoms with Crippen LogP contribution >= 0.6 is 15.9 Å². The molecule has 1 aliphatic heterocycles. The summed E-state index contributed by atoms with van der Waals surface area (Å²) in [5, 5.41) is 8.70. The fourth-order valence-corrected chi connectivity index (χ4v) is 2.75. The minimum Gasteiger partial charge on any atom is -0.481 e. The lowest BCUT2D eigenvalue weighted by Crippen LogP contribution is -2.28. The number of benzene rings is 1. The molecule has 0 saturated carbocycles. The molecule has 0 aromatic heterocycles. The molecule has 1 aliphatic rings. The van der Waals surface area contributed by atoms with Gasteiger partial charge in [-0.15, -0.1) is 0 Å². The summed E-state index contributed by atoms with van der Waals surface area (Å²) in [4.78, 5) is 12.8. The summed E-state index contributed by atoms with van der Waals surface area (Å²) in [6.07, 6.45) is 1.87. The summed E-state index contributed by atoms with van der Waals surface area (Å²) < 4.78 is 1.12. The number of nitrogens with zero attached hydrogens (tertiary/aromatic N) is 1. The van der Waals surface area contributed by atoms with E-state index < -0.39 is 5.97 Å². The van der Waals surface area contributed by atoms with Gasteiger partial charge in [-0.2, -0.15) is 0 Å². The van der Waals surface area contributed by atoms with Crippen molar-refractivity contribution < 1.29 is 9.90 Å². The van der Waals surface area contributed by atoms with Gasteiger partial charge >= 0.3 is 5.97 Å². The molecule has 2 rings (SSSR count). The maximum absolute atomic E-state index is 10.6. The number of carbonyl (C=O) groups is 1. The average Bonchev–Trinajstić information content (AvgIpc) is 2.55. The molecule has 1 N–H and O–H groups in total. The van der Waals surface area contributed by atoms with E-state index in [4.69, 9.17) is 5.11 Å². The summed E-state index contributed by atoms with van der Waals surface area (Å²) in [5.74, 6) is -0.719. The fourth-order valence-electron chi connectivity index (χ4n) is 2.23. The number of aliphatic carboxylic acids is 1. The minimum atomic E-state index is -0.719. The second-order valence-corrected chi connectivity index (χ2v) is 4.99. The van der Waals surface area contributed by atoms with Crippen molar-refractivity contribution in [2.75, 3.05) is 11.9 Å². The molecule has 16 heavy (non-hydrogen) atoms. The normalized spacial score (nSPS) is 18.6. The summed E-state index contributed by atoms with van der Waals surface area (Å²) in [6, 6.07) is 6.44. The SMILES string of the molecule is CN1c2cccc(Br)c2CC1CCC(=O)O. The molecule has 0 fully saturated rings. The second-order valence-electron chi connectivity index (χ2n) is 4.14. The van der Waals surface area contributed by atoms with Gasteiger partial charge in [-0.1, -0.05) is 22.0 Å². The van der Waals surface area contributed by atoms with Crippen molar-refractivity contribution in [1.29, 1.82) is 0 Å². The van der Waals surface area contributed by atoms with Gasteiger partial charge in [-0.05, 0) is 30.5 Å². The molecule has 3 nitrogen and oxygen atoms in total. The number of halogens is 1. The molecule has 86 valence electrons. The maximum Gasteiger partial charge on any atom is 0.303 e. The Morgan fingerprint density at radius 2 is 2.38 bits per heavy atom. The van der Waals surface area contributed by atoms with E-state index in [9.17, 15) is 4.79 Å². The summed E-state index contributed by atoms with van der Waals surface area (Å²) in [7, 11) is 2.03. The van der Waals surface area contributed by atoms with Crippen LogP contribution < -0.4 is 4.90 Å². The van der Waals surface area contributed by atoms with Crippen molar-refractivity contribution in [3.63, 3.8) is 0 Å². The van der Waals surface area contributed by atoms with E-state index in [1.54, 1.807) is 0 Å². The van der Waals surface area contributed by atoms with Gasteiger partial charge in [-0.3, -0.25) is 4.79 Å². The van der Waals surface area contributed by atoms with E-state index in [2.05, 4.69) is 26.9 Å². The van der Waals surface area contributed by atoms with Crippen LogP contribution in [-0.4, -0.2) is 24.2 Å². The first-order chi connectivity index (χ1) is 7.59. The molecule has 4 heteroatoms. The van der Waals surface area contributed by atoms with Crippen molar-refractivity contribution >= 4 is 27.6 Å². The predicted molar refractivity (Wildman–Crippen MR) is 66.9 cm³/mol. The van der Waals surface area contributed by atoms with Crippen LogP contribution in [0.3, 0.4) is 0 Å². The van der Waals surface area contributed by atoms with E-state index in [1.807, 2.05) is 19.2 Å². The quantitative estimate of drug-likeness (QED) is 0.927. The molecule has 1 atom stereocenters. The highest BCUT2D eigenvalue weighted by molar-refractivity contribution is 9.10. The zero-order chi connectivity index (χ0) is 11.7. The lowest BCUT2D eigenvalue weighted by molar-refractivity contribution is -0.137. The third-order valence-corrected chi connectivity index (χ3v) is 3.90. The van der Waals surface area contributed by atoms with Crippen molar-refractivity contribution in [1.82, 2.24) is 0 Å². The third kappa shape index (κ3) is 2.07. The minimum absolute atomic E-state index is 0.237. The van der Waals surface area contributed by atoms with Gasteiger partial charge in [0.05, 0.1) is 0 Å². The Hall–Kier alpha value is -1.03. The van der Waals surface area contributed by atoms with E-state index in [0.29, 0.717) is 12.5 Å². The van der Waals surface area contributed by atoms with Crippen LogP contribution in [0.15, 0.2) is 22.7 Å². The number of anilines is 1. The van der Waals surface area contributed by atoms with Crippen molar-refractivity contribution in [3.05, 3.63) is 28.2 Å². The van der Waals surface area contributed by atoms with Gasteiger partial charge < -0.3 is 10.0 Å². The molecule has 1 unspecified atom stereocenters.